The highest BCUT2D eigenvalue weighted by Crippen LogP contribution is 2.32. The lowest BCUT2D eigenvalue weighted by molar-refractivity contribution is -0.385. The van der Waals surface area contributed by atoms with Gasteiger partial charge in [0.25, 0.3) is 0 Å². The van der Waals surface area contributed by atoms with Crippen molar-refractivity contribution in [3.63, 3.8) is 0 Å². The number of hydrogen-bond acceptors (Lipinski definition) is 5. The van der Waals surface area contributed by atoms with E-state index in [-0.39, 0.29) is 28.5 Å². The molecule has 0 N–H and O–H groups in total. The Morgan fingerprint density at radius 3 is 2.23 bits per heavy atom. The van der Waals surface area contributed by atoms with Crippen molar-refractivity contribution in [3.05, 3.63) is 99.9 Å². The molecule has 158 valence electrons. The third kappa shape index (κ3) is 5.92. The molecule has 0 aliphatic rings. The Morgan fingerprint density at radius 1 is 0.968 bits per heavy atom. The molecule has 3 aromatic rings. The Bertz CT molecular complexity index is 1110. The number of ketones is 1. The number of nitro groups is 1. The zero-order chi connectivity index (χ0) is 22.4. The van der Waals surface area contributed by atoms with E-state index in [4.69, 9.17) is 4.74 Å². The number of alkyl halides is 2. The molecule has 0 aliphatic heterocycles. The first-order chi connectivity index (χ1) is 14.8. The minimum atomic E-state index is -2.97. The molecular weight excluding hydrogens is 415 g/mol. The minimum absolute atomic E-state index is 0.0466. The van der Waals surface area contributed by atoms with Gasteiger partial charge in [0.2, 0.25) is 5.75 Å². The Hall–Kier alpha value is -4.14. The standard InChI is InChI=1S/C22H14F3NO5/c23-16-5-9-17(10-6-16)30-21-12-2-14(13-19(21)26(28)29)1-11-20(27)15-3-7-18(8-4-15)31-22(24)25/h1-13,22H/b11-1-. The molecule has 0 atom stereocenters. The molecule has 0 unspecified atom stereocenters. The number of allylic oxidation sites excluding steroid dienone is 1. The quantitative estimate of drug-likeness (QED) is 0.189. The number of ether oxygens (including phenoxy) is 2. The van der Waals surface area contributed by atoms with Gasteiger partial charge in [-0.1, -0.05) is 12.1 Å². The third-order valence-electron chi connectivity index (χ3n) is 4.01. The van der Waals surface area contributed by atoms with Crippen LogP contribution < -0.4 is 9.47 Å². The highest BCUT2D eigenvalue weighted by Gasteiger charge is 2.16. The monoisotopic (exact) mass is 429 g/mol. The van der Waals surface area contributed by atoms with Gasteiger partial charge in [-0.05, 0) is 66.2 Å². The van der Waals surface area contributed by atoms with Crippen LogP contribution in [0.25, 0.3) is 6.08 Å². The predicted molar refractivity (Wildman–Crippen MR) is 106 cm³/mol. The van der Waals surface area contributed by atoms with Crippen molar-refractivity contribution in [3.8, 4) is 17.2 Å². The van der Waals surface area contributed by atoms with Crippen molar-refractivity contribution < 1.29 is 32.4 Å². The molecule has 9 heteroatoms. The largest absolute Gasteiger partial charge is 0.450 e. The number of carbonyl (C=O) groups excluding carboxylic acids is 1. The topological polar surface area (TPSA) is 78.7 Å². The van der Waals surface area contributed by atoms with Crippen LogP contribution in [-0.4, -0.2) is 17.3 Å². The maximum Gasteiger partial charge on any atom is 0.387 e. The molecule has 31 heavy (non-hydrogen) atoms. The second-order valence-electron chi connectivity index (χ2n) is 6.14. The number of hydrogen-bond donors (Lipinski definition) is 0. The van der Waals surface area contributed by atoms with Crippen LogP contribution in [0, 0.1) is 15.9 Å². The molecule has 0 bridgehead atoms. The van der Waals surface area contributed by atoms with Crippen LogP contribution in [0.3, 0.4) is 0 Å². The molecule has 0 heterocycles. The van der Waals surface area contributed by atoms with Gasteiger partial charge < -0.3 is 9.47 Å². The van der Waals surface area contributed by atoms with Crippen LogP contribution in [0.2, 0.25) is 0 Å². The van der Waals surface area contributed by atoms with Crippen LogP contribution in [0.5, 0.6) is 17.2 Å². The normalized spacial score (nSPS) is 11.0. The van der Waals surface area contributed by atoms with E-state index < -0.39 is 23.1 Å². The summed E-state index contributed by atoms with van der Waals surface area (Å²) in [6, 6.07) is 14.2. The first kappa shape index (κ1) is 21.6. The fraction of sp³-hybridized carbons (Fsp3) is 0.0455. The van der Waals surface area contributed by atoms with Gasteiger partial charge in [0.15, 0.2) is 5.78 Å². The summed E-state index contributed by atoms with van der Waals surface area (Å²) in [5, 5.41) is 11.4. The average Bonchev–Trinajstić information content (AvgIpc) is 2.74. The van der Waals surface area contributed by atoms with Gasteiger partial charge in [-0.25, -0.2) is 4.39 Å². The highest BCUT2D eigenvalue weighted by atomic mass is 19.3. The smallest absolute Gasteiger partial charge is 0.387 e. The Morgan fingerprint density at radius 2 is 1.61 bits per heavy atom. The van der Waals surface area contributed by atoms with Crippen LogP contribution >= 0.6 is 0 Å². The molecule has 0 saturated carbocycles. The summed E-state index contributed by atoms with van der Waals surface area (Å²) in [4.78, 5) is 23.0. The van der Waals surface area contributed by atoms with Crippen LogP contribution in [0.4, 0.5) is 18.9 Å². The maximum absolute atomic E-state index is 13.0. The molecule has 6 nitrogen and oxygen atoms in total. The predicted octanol–water partition coefficient (Wildman–Crippen LogP) is 6.02. The molecule has 3 rings (SSSR count). The van der Waals surface area contributed by atoms with Crippen molar-refractivity contribution in [1.29, 1.82) is 0 Å². The first-order valence-corrected chi connectivity index (χ1v) is 8.81. The molecule has 0 aliphatic carbocycles. The average molecular weight is 429 g/mol. The molecular formula is C22H14F3NO5. The van der Waals surface area contributed by atoms with E-state index >= 15 is 0 Å². The van der Waals surface area contributed by atoms with Gasteiger partial charge in [0, 0.05) is 11.6 Å². The molecule has 3 aromatic carbocycles. The summed E-state index contributed by atoms with van der Waals surface area (Å²) < 4.78 is 47.0. The van der Waals surface area contributed by atoms with E-state index in [9.17, 15) is 28.1 Å². The van der Waals surface area contributed by atoms with Gasteiger partial charge in [-0.15, -0.1) is 0 Å². The zero-order valence-corrected chi connectivity index (χ0v) is 15.7. The summed E-state index contributed by atoms with van der Waals surface area (Å²) >= 11 is 0. The Kier molecular flexibility index (Phi) is 6.66. The second kappa shape index (κ2) is 9.57. The zero-order valence-electron chi connectivity index (χ0n) is 15.7. The fourth-order valence-electron chi connectivity index (χ4n) is 2.57. The molecule has 0 fully saturated rings. The number of nitro benzene ring substituents is 1. The number of benzene rings is 3. The van der Waals surface area contributed by atoms with Gasteiger partial charge in [0.05, 0.1) is 4.92 Å². The van der Waals surface area contributed by atoms with Crippen LogP contribution in [-0.2, 0) is 0 Å². The van der Waals surface area contributed by atoms with E-state index in [1.165, 1.54) is 66.7 Å². The number of carbonyl (C=O) groups is 1. The van der Waals surface area contributed by atoms with Gasteiger partial charge in [-0.2, -0.15) is 8.78 Å². The third-order valence-corrected chi connectivity index (χ3v) is 4.01. The Balaban J connectivity index is 1.75. The second-order valence-corrected chi connectivity index (χ2v) is 6.14. The lowest BCUT2D eigenvalue weighted by Gasteiger charge is -2.07. The summed E-state index contributed by atoms with van der Waals surface area (Å²) in [5.41, 5.74) is 0.250. The molecule has 0 amide bonds. The van der Waals surface area contributed by atoms with Crippen molar-refractivity contribution in [2.24, 2.45) is 0 Å². The summed E-state index contributed by atoms with van der Waals surface area (Å²) in [6.07, 6.45) is 2.57. The summed E-state index contributed by atoms with van der Waals surface area (Å²) in [5.74, 6) is -0.805. The molecule has 0 aromatic heterocycles. The van der Waals surface area contributed by atoms with Crippen molar-refractivity contribution in [2.45, 2.75) is 6.61 Å². The number of rotatable bonds is 8. The maximum atomic E-state index is 13.0. The van der Waals surface area contributed by atoms with Crippen molar-refractivity contribution in [2.75, 3.05) is 0 Å². The molecule has 0 saturated heterocycles. The first-order valence-electron chi connectivity index (χ1n) is 8.81. The lowest BCUT2D eigenvalue weighted by atomic mass is 10.1. The summed E-state index contributed by atoms with van der Waals surface area (Å²) in [6.45, 7) is -2.97. The molecule has 0 spiro atoms. The number of halogens is 3. The minimum Gasteiger partial charge on any atom is -0.450 e. The van der Waals surface area contributed by atoms with Crippen LogP contribution in [0.15, 0.2) is 72.8 Å². The number of nitrogens with zero attached hydrogens (tertiary/aromatic N) is 1. The van der Waals surface area contributed by atoms with E-state index in [0.717, 1.165) is 12.1 Å². The molecule has 0 radical (unpaired) electrons. The van der Waals surface area contributed by atoms with Gasteiger partial charge in [0.1, 0.15) is 17.3 Å². The van der Waals surface area contributed by atoms with Gasteiger partial charge in [-0.3, -0.25) is 14.9 Å². The van der Waals surface area contributed by atoms with Crippen LogP contribution in [0.1, 0.15) is 15.9 Å². The summed E-state index contributed by atoms with van der Waals surface area (Å²) in [7, 11) is 0. The van der Waals surface area contributed by atoms with Crippen molar-refractivity contribution in [1.82, 2.24) is 0 Å². The lowest BCUT2D eigenvalue weighted by Crippen LogP contribution is -2.02. The Labute approximate surface area is 174 Å². The van der Waals surface area contributed by atoms with E-state index in [1.54, 1.807) is 0 Å². The SMILES string of the molecule is O=C(/C=C\c1ccc(Oc2ccc(F)cc2)c([N+](=O)[O-])c1)c1ccc(OC(F)F)cc1. The highest BCUT2D eigenvalue weighted by molar-refractivity contribution is 6.06. The van der Waals surface area contributed by atoms with Gasteiger partial charge >= 0.3 is 12.3 Å². The van der Waals surface area contributed by atoms with E-state index in [0.29, 0.717) is 5.56 Å². The fourth-order valence-corrected chi connectivity index (χ4v) is 2.57. The van der Waals surface area contributed by atoms with E-state index in [2.05, 4.69) is 4.74 Å². The van der Waals surface area contributed by atoms with Crippen molar-refractivity contribution >= 4 is 17.5 Å². The van der Waals surface area contributed by atoms with E-state index in [1.807, 2.05) is 0 Å².